The number of nitrogens with zero attached hydrogens (tertiary/aromatic N) is 1. The maximum absolute atomic E-state index is 11.5. The van der Waals surface area contributed by atoms with Crippen LogP contribution in [0.4, 0.5) is 0 Å². The van der Waals surface area contributed by atoms with E-state index in [2.05, 4.69) is 0 Å². The van der Waals surface area contributed by atoms with Gasteiger partial charge in [0.1, 0.15) is 6.04 Å². The predicted octanol–water partition coefficient (Wildman–Crippen LogP) is -0.410. The molecule has 2 N–H and O–H groups in total. The first-order chi connectivity index (χ1) is 6.99. The van der Waals surface area contributed by atoms with E-state index in [4.69, 9.17) is 10.2 Å². The Hall–Kier alpha value is -1.24. The second kappa shape index (κ2) is 3.13. The number of carbonyl (C=O) groups is 3. The summed E-state index contributed by atoms with van der Waals surface area (Å²) in [4.78, 5) is 33.1. The second-order valence-corrected chi connectivity index (χ2v) is 4.82. The van der Waals surface area contributed by atoms with Crippen molar-refractivity contribution in [3.63, 3.8) is 0 Å². The Morgan fingerprint density at radius 2 is 2.13 bits per heavy atom. The molecule has 0 bridgehead atoms. The van der Waals surface area contributed by atoms with E-state index < -0.39 is 22.9 Å². The van der Waals surface area contributed by atoms with Gasteiger partial charge in [0.15, 0.2) is 4.87 Å². The summed E-state index contributed by atoms with van der Waals surface area (Å²) in [6.45, 7) is 0. The molecule has 6 nitrogen and oxygen atoms in total. The van der Waals surface area contributed by atoms with Crippen molar-refractivity contribution in [1.29, 1.82) is 0 Å². The molecule has 15 heavy (non-hydrogen) atoms. The van der Waals surface area contributed by atoms with Gasteiger partial charge in [-0.1, -0.05) is 0 Å². The molecule has 0 aromatic rings. The standard InChI is InChI=1S/C8H9NO5S/c10-5-1-2-8(7(13)14)9(5)4(3-15-8)6(11)12/h4H,1-3H2,(H,11,12)(H,13,14)/t4-,8-/m0/s1. The van der Waals surface area contributed by atoms with Crippen LogP contribution in [0.25, 0.3) is 0 Å². The lowest BCUT2D eigenvalue weighted by molar-refractivity contribution is -0.154. The first-order valence-electron chi connectivity index (χ1n) is 4.41. The molecule has 2 aliphatic rings. The Labute approximate surface area is 89.2 Å². The Morgan fingerprint density at radius 3 is 2.67 bits per heavy atom. The van der Waals surface area contributed by atoms with Crippen LogP contribution in [0.1, 0.15) is 12.8 Å². The number of carboxylic acids is 2. The fourth-order valence-corrected chi connectivity index (χ4v) is 3.49. The fraction of sp³-hybridized carbons (Fsp3) is 0.625. The lowest BCUT2D eigenvalue weighted by Gasteiger charge is -2.28. The second-order valence-electron chi connectivity index (χ2n) is 3.52. The average molecular weight is 231 g/mol. The van der Waals surface area contributed by atoms with Gasteiger partial charge in [0.2, 0.25) is 5.91 Å². The zero-order valence-corrected chi connectivity index (χ0v) is 8.49. The van der Waals surface area contributed by atoms with Crippen LogP contribution in [0.15, 0.2) is 0 Å². The first-order valence-corrected chi connectivity index (χ1v) is 5.40. The van der Waals surface area contributed by atoms with Crippen LogP contribution in [0.3, 0.4) is 0 Å². The summed E-state index contributed by atoms with van der Waals surface area (Å²) in [5.74, 6) is -2.49. The molecule has 0 saturated carbocycles. The van der Waals surface area contributed by atoms with Crippen LogP contribution in [-0.4, -0.2) is 49.6 Å². The van der Waals surface area contributed by atoms with Crippen LogP contribution in [-0.2, 0) is 14.4 Å². The van der Waals surface area contributed by atoms with Gasteiger partial charge in [-0.2, -0.15) is 0 Å². The molecule has 2 atom stereocenters. The summed E-state index contributed by atoms with van der Waals surface area (Å²) in [6, 6.07) is -0.999. The van der Waals surface area contributed by atoms with Crippen molar-refractivity contribution < 1.29 is 24.6 Å². The van der Waals surface area contributed by atoms with Gasteiger partial charge in [0.25, 0.3) is 0 Å². The van der Waals surface area contributed by atoms with Crippen LogP contribution in [0, 0.1) is 0 Å². The van der Waals surface area contributed by atoms with Gasteiger partial charge in [-0.15, -0.1) is 11.8 Å². The molecule has 1 amide bonds. The van der Waals surface area contributed by atoms with Crippen molar-refractivity contribution in [3.05, 3.63) is 0 Å². The van der Waals surface area contributed by atoms with Crippen molar-refractivity contribution in [2.75, 3.05) is 5.75 Å². The number of amides is 1. The molecule has 0 aromatic heterocycles. The lowest BCUT2D eigenvalue weighted by Crippen LogP contribution is -2.51. The summed E-state index contributed by atoms with van der Waals surface area (Å²) in [6.07, 6.45) is 0.304. The smallest absolute Gasteiger partial charge is 0.340 e. The van der Waals surface area contributed by atoms with Gasteiger partial charge in [-0.3, -0.25) is 4.79 Å². The van der Waals surface area contributed by atoms with E-state index in [0.29, 0.717) is 0 Å². The van der Waals surface area contributed by atoms with E-state index in [1.807, 2.05) is 0 Å². The molecule has 0 radical (unpaired) electrons. The SMILES string of the molecule is O=C(O)[C@@H]1CS[C@]2(C(=O)O)CCC(=O)N12. The van der Waals surface area contributed by atoms with Crippen molar-refractivity contribution in [2.45, 2.75) is 23.8 Å². The van der Waals surface area contributed by atoms with Crippen molar-refractivity contribution in [2.24, 2.45) is 0 Å². The van der Waals surface area contributed by atoms with E-state index >= 15 is 0 Å². The van der Waals surface area contributed by atoms with Gasteiger partial charge >= 0.3 is 11.9 Å². The Balaban J connectivity index is 2.39. The van der Waals surface area contributed by atoms with Crippen molar-refractivity contribution in [3.8, 4) is 0 Å². The molecule has 2 aliphatic heterocycles. The van der Waals surface area contributed by atoms with Crippen LogP contribution in [0.2, 0.25) is 0 Å². The molecule has 0 aromatic carbocycles. The van der Waals surface area contributed by atoms with Crippen LogP contribution >= 0.6 is 11.8 Å². The minimum absolute atomic E-state index is 0.114. The molecule has 0 unspecified atom stereocenters. The average Bonchev–Trinajstić information content (AvgIpc) is 2.66. The number of aliphatic carboxylic acids is 2. The minimum Gasteiger partial charge on any atom is -0.480 e. The molecule has 82 valence electrons. The number of carbonyl (C=O) groups excluding carboxylic acids is 1. The molecular formula is C8H9NO5S. The zero-order valence-electron chi connectivity index (χ0n) is 7.67. The summed E-state index contributed by atoms with van der Waals surface area (Å²) >= 11 is 1.03. The van der Waals surface area contributed by atoms with E-state index in [-0.39, 0.29) is 24.5 Å². The highest BCUT2D eigenvalue weighted by molar-refractivity contribution is 8.01. The summed E-state index contributed by atoms with van der Waals surface area (Å²) in [5, 5.41) is 18.0. The molecule has 2 heterocycles. The molecule has 0 spiro atoms. The Bertz CT molecular complexity index is 357. The van der Waals surface area contributed by atoms with Crippen molar-refractivity contribution >= 4 is 29.6 Å². The monoisotopic (exact) mass is 231 g/mol. The van der Waals surface area contributed by atoms with E-state index in [1.165, 1.54) is 0 Å². The quantitative estimate of drug-likeness (QED) is 0.670. The largest absolute Gasteiger partial charge is 0.480 e. The maximum Gasteiger partial charge on any atom is 0.340 e. The van der Waals surface area contributed by atoms with Gasteiger partial charge in [0.05, 0.1) is 0 Å². The van der Waals surface area contributed by atoms with E-state index in [9.17, 15) is 14.4 Å². The number of hydrogen-bond acceptors (Lipinski definition) is 4. The topological polar surface area (TPSA) is 94.9 Å². The summed E-state index contributed by atoms with van der Waals surface area (Å²) < 4.78 is 0. The molecule has 0 aliphatic carbocycles. The Morgan fingerprint density at radius 1 is 1.47 bits per heavy atom. The number of hydrogen-bond donors (Lipinski definition) is 2. The molecule has 2 rings (SSSR count). The maximum atomic E-state index is 11.5. The normalized spacial score (nSPS) is 34.3. The number of carboxylic acid groups (broad SMARTS) is 2. The zero-order chi connectivity index (χ0) is 11.2. The van der Waals surface area contributed by atoms with Gasteiger partial charge in [-0.05, 0) is 6.42 Å². The number of fused-ring (bicyclic) bond motifs is 1. The highest BCUT2D eigenvalue weighted by Gasteiger charge is 2.60. The third-order valence-corrected chi connectivity index (χ3v) is 4.28. The molecular weight excluding hydrogens is 222 g/mol. The van der Waals surface area contributed by atoms with E-state index in [1.54, 1.807) is 0 Å². The first kappa shape index (κ1) is 10.3. The van der Waals surface area contributed by atoms with Gasteiger partial charge in [0, 0.05) is 12.2 Å². The predicted molar refractivity (Wildman–Crippen MR) is 50.3 cm³/mol. The minimum atomic E-state index is -1.33. The van der Waals surface area contributed by atoms with Crippen molar-refractivity contribution in [1.82, 2.24) is 4.90 Å². The van der Waals surface area contributed by atoms with E-state index in [0.717, 1.165) is 16.7 Å². The molecule has 2 fully saturated rings. The van der Waals surface area contributed by atoms with Gasteiger partial charge < -0.3 is 15.1 Å². The Kier molecular flexibility index (Phi) is 2.14. The number of rotatable bonds is 2. The van der Waals surface area contributed by atoms with Crippen LogP contribution in [0.5, 0.6) is 0 Å². The highest BCUT2D eigenvalue weighted by atomic mass is 32.2. The summed E-state index contributed by atoms with van der Waals surface area (Å²) in [5.41, 5.74) is 0. The van der Waals surface area contributed by atoms with Gasteiger partial charge in [-0.25, -0.2) is 9.59 Å². The number of thioether (sulfide) groups is 1. The third-order valence-electron chi connectivity index (χ3n) is 2.75. The molecule has 2 saturated heterocycles. The fourth-order valence-electron chi connectivity index (χ4n) is 2.03. The summed E-state index contributed by atoms with van der Waals surface area (Å²) in [7, 11) is 0. The lowest BCUT2D eigenvalue weighted by atomic mass is 10.2. The molecule has 7 heteroatoms. The third kappa shape index (κ3) is 1.22. The highest BCUT2D eigenvalue weighted by Crippen LogP contribution is 2.47. The van der Waals surface area contributed by atoms with Crippen LogP contribution < -0.4 is 0 Å².